The Hall–Kier alpha value is -0.180. The summed E-state index contributed by atoms with van der Waals surface area (Å²) in [4.78, 5) is 1.96. The van der Waals surface area contributed by atoms with E-state index in [1.807, 2.05) is 32.6 Å². The van der Waals surface area contributed by atoms with Gasteiger partial charge in [0.25, 0.3) is 0 Å². The first-order valence-corrected chi connectivity index (χ1v) is 12.4. The number of hydrogen-bond donors (Lipinski definition) is 0. The second-order valence-corrected chi connectivity index (χ2v) is 11.9. The smallest absolute Gasteiger partial charge is 0.211 e. The van der Waals surface area contributed by atoms with Crippen LogP contribution in [0.3, 0.4) is 0 Å². The van der Waals surface area contributed by atoms with Crippen molar-refractivity contribution in [3.8, 4) is 0 Å². The topological polar surface area (TPSA) is 74.8 Å². The third kappa shape index (κ3) is 8.78. The van der Waals surface area contributed by atoms with E-state index in [1.54, 1.807) is 7.05 Å². The van der Waals surface area contributed by atoms with Crippen LogP contribution in [0.2, 0.25) is 0 Å². The Morgan fingerprint density at radius 2 is 1.54 bits per heavy atom. The van der Waals surface area contributed by atoms with Gasteiger partial charge in [0.15, 0.2) is 9.84 Å². The average Bonchev–Trinajstić information content (AvgIpc) is 2.33. The molecule has 0 heterocycles. The molecule has 0 spiro atoms. The van der Waals surface area contributed by atoms with Gasteiger partial charge in [0.2, 0.25) is 10.0 Å². The highest BCUT2D eigenvalue weighted by Crippen LogP contribution is 2.28. The van der Waals surface area contributed by atoms with Gasteiger partial charge in [-0.3, -0.25) is 4.90 Å². The van der Waals surface area contributed by atoms with Crippen LogP contribution in [0.15, 0.2) is 0 Å². The van der Waals surface area contributed by atoms with Crippen molar-refractivity contribution in [2.45, 2.75) is 65.5 Å². The van der Waals surface area contributed by atoms with Crippen LogP contribution >= 0.6 is 0 Å². The van der Waals surface area contributed by atoms with Crippen molar-refractivity contribution >= 4 is 19.9 Å². The normalized spacial score (nSPS) is 15.5. The van der Waals surface area contributed by atoms with Crippen molar-refractivity contribution in [1.82, 2.24) is 9.21 Å². The highest BCUT2D eigenvalue weighted by molar-refractivity contribution is 7.90. The lowest BCUT2D eigenvalue weighted by atomic mass is 9.87. The standard InChI is InChI=1S/C16H36N2O4S2/c1-9-10-15(11-16(4,5)17(6)24(8,21)22)12-18(14(2)3)13-23(7,19)20/h14-15H,9-13H2,1-8H3. The molecule has 0 radical (unpaired) electrons. The van der Waals surface area contributed by atoms with Gasteiger partial charge in [0, 0.05) is 31.4 Å². The Morgan fingerprint density at radius 1 is 1.04 bits per heavy atom. The maximum Gasteiger partial charge on any atom is 0.211 e. The van der Waals surface area contributed by atoms with Crippen LogP contribution in [0.25, 0.3) is 0 Å². The Kier molecular flexibility index (Phi) is 8.89. The van der Waals surface area contributed by atoms with E-state index in [-0.39, 0.29) is 17.8 Å². The first kappa shape index (κ1) is 23.8. The lowest BCUT2D eigenvalue weighted by Crippen LogP contribution is -2.47. The van der Waals surface area contributed by atoms with Crippen LogP contribution in [0.5, 0.6) is 0 Å². The molecule has 0 amide bonds. The van der Waals surface area contributed by atoms with Crippen molar-refractivity contribution in [2.75, 3.05) is 32.0 Å². The number of hydrogen-bond acceptors (Lipinski definition) is 5. The molecule has 0 saturated carbocycles. The second-order valence-electron chi connectivity index (χ2n) is 7.82. The molecule has 0 N–H and O–H groups in total. The zero-order chi connectivity index (χ0) is 19.3. The molecule has 0 aromatic heterocycles. The third-order valence-corrected chi connectivity index (χ3v) is 6.75. The molecule has 24 heavy (non-hydrogen) atoms. The molecule has 0 rings (SSSR count). The third-order valence-electron chi connectivity index (χ3n) is 4.46. The van der Waals surface area contributed by atoms with Crippen molar-refractivity contribution in [3.05, 3.63) is 0 Å². The summed E-state index contributed by atoms with van der Waals surface area (Å²) in [5.74, 6) is 0.270. The molecule has 0 bridgehead atoms. The maximum absolute atomic E-state index is 11.9. The van der Waals surface area contributed by atoms with Crippen molar-refractivity contribution in [2.24, 2.45) is 5.92 Å². The zero-order valence-corrected chi connectivity index (χ0v) is 18.2. The van der Waals surface area contributed by atoms with Crippen LogP contribution in [-0.2, 0) is 19.9 Å². The van der Waals surface area contributed by atoms with E-state index < -0.39 is 25.4 Å². The highest BCUT2D eigenvalue weighted by atomic mass is 32.2. The largest absolute Gasteiger partial charge is 0.287 e. The highest BCUT2D eigenvalue weighted by Gasteiger charge is 2.33. The van der Waals surface area contributed by atoms with E-state index in [4.69, 9.17) is 0 Å². The minimum atomic E-state index is -3.27. The number of sulfone groups is 1. The minimum absolute atomic E-state index is 0.0349. The van der Waals surface area contributed by atoms with Gasteiger partial charge >= 0.3 is 0 Å². The van der Waals surface area contributed by atoms with Gasteiger partial charge in [-0.25, -0.2) is 16.8 Å². The summed E-state index contributed by atoms with van der Waals surface area (Å²) in [6.07, 6.45) is 5.08. The quantitative estimate of drug-likeness (QED) is 0.546. The van der Waals surface area contributed by atoms with Crippen LogP contribution in [0.1, 0.15) is 53.9 Å². The first-order valence-electron chi connectivity index (χ1n) is 8.46. The Bertz CT molecular complexity index is 583. The molecule has 0 aliphatic carbocycles. The molecule has 0 aliphatic heterocycles. The first-order chi connectivity index (χ1) is 10.6. The molecule has 0 aliphatic rings. The fourth-order valence-corrected chi connectivity index (χ4v) is 4.97. The predicted molar refractivity (Wildman–Crippen MR) is 101 cm³/mol. The van der Waals surface area contributed by atoms with Crippen molar-refractivity contribution < 1.29 is 16.8 Å². The van der Waals surface area contributed by atoms with Crippen LogP contribution in [-0.4, -0.2) is 69.6 Å². The summed E-state index contributed by atoms with van der Waals surface area (Å²) in [6.45, 7) is 10.6. The number of sulfonamides is 1. The molecule has 6 nitrogen and oxygen atoms in total. The van der Waals surface area contributed by atoms with Gasteiger partial charge in [0.1, 0.15) is 5.88 Å². The van der Waals surface area contributed by atoms with Crippen LogP contribution < -0.4 is 0 Å². The van der Waals surface area contributed by atoms with Gasteiger partial charge in [-0.05, 0) is 46.5 Å². The average molecular weight is 385 g/mol. The van der Waals surface area contributed by atoms with Crippen LogP contribution in [0.4, 0.5) is 0 Å². The van der Waals surface area contributed by atoms with Crippen molar-refractivity contribution in [3.63, 3.8) is 0 Å². The summed E-state index contributed by atoms with van der Waals surface area (Å²) in [5.41, 5.74) is -0.513. The van der Waals surface area contributed by atoms with Gasteiger partial charge < -0.3 is 0 Å². The molecule has 0 aromatic rings. The van der Waals surface area contributed by atoms with E-state index in [9.17, 15) is 16.8 Å². The summed E-state index contributed by atoms with van der Waals surface area (Å²) < 4.78 is 48.5. The molecular formula is C16H36N2O4S2. The van der Waals surface area contributed by atoms with Gasteiger partial charge in [0.05, 0.1) is 6.26 Å². The Morgan fingerprint density at radius 3 is 1.88 bits per heavy atom. The Labute approximate surface area is 149 Å². The summed E-state index contributed by atoms with van der Waals surface area (Å²) in [5, 5.41) is 0. The number of nitrogens with zero attached hydrogens (tertiary/aromatic N) is 2. The maximum atomic E-state index is 11.9. The minimum Gasteiger partial charge on any atom is -0.287 e. The summed E-state index contributed by atoms with van der Waals surface area (Å²) >= 11 is 0. The van der Waals surface area contributed by atoms with E-state index >= 15 is 0 Å². The van der Waals surface area contributed by atoms with Crippen molar-refractivity contribution in [1.29, 1.82) is 0 Å². The number of rotatable bonds is 11. The Balaban J connectivity index is 5.27. The summed E-state index contributed by atoms with van der Waals surface area (Å²) in [6, 6.07) is 0.120. The van der Waals surface area contributed by atoms with E-state index in [2.05, 4.69) is 6.92 Å². The van der Waals surface area contributed by atoms with E-state index in [0.29, 0.717) is 13.0 Å². The molecule has 1 unspecified atom stereocenters. The monoisotopic (exact) mass is 384 g/mol. The molecule has 0 aromatic carbocycles. The fourth-order valence-electron chi connectivity index (χ4n) is 3.00. The molecule has 0 saturated heterocycles. The molecule has 146 valence electrons. The molecular weight excluding hydrogens is 348 g/mol. The fraction of sp³-hybridized carbons (Fsp3) is 1.00. The van der Waals surface area contributed by atoms with Gasteiger partial charge in [-0.15, -0.1) is 0 Å². The zero-order valence-electron chi connectivity index (χ0n) is 16.5. The van der Waals surface area contributed by atoms with E-state index in [0.717, 1.165) is 12.8 Å². The van der Waals surface area contributed by atoms with E-state index in [1.165, 1.54) is 16.8 Å². The predicted octanol–water partition coefficient (Wildman–Crippen LogP) is 2.18. The molecule has 1 atom stereocenters. The SMILES string of the molecule is CCCC(CN(CS(C)(=O)=O)C(C)C)CC(C)(C)N(C)S(C)(=O)=O. The van der Waals surface area contributed by atoms with Gasteiger partial charge in [-0.2, -0.15) is 4.31 Å². The van der Waals surface area contributed by atoms with Gasteiger partial charge in [-0.1, -0.05) is 13.3 Å². The second kappa shape index (κ2) is 8.96. The van der Waals surface area contributed by atoms with Crippen LogP contribution in [0, 0.1) is 5.92 Å². The summed E-state index contributed by atoms with van der Waals surface area (Å²) in [7, 11) is -4.76. The lowest BCUT2D eigenvalue weighted by Gasteiger charge is -2.38. The lowest BCUT2D eigenvalue weighted by molar-refractivity contribution is 0.153. The molecule has 8 heteroatoms. The molecule has 0 fully saturated rings.